The van der Waals surface area contributed by atoms with Crippen LogP contribution in [0.1, 0.15) is 39.0 Å². The Morgan fingerprint density at radius 1 is 1.31 bits per heavy atom. The molecule has 0 aliphatic heterocycles. The van der Waals surface area contributed by atoms with Crippen LogP contribution in [0.2, 0.25) is 0 Å². The van der Waals surface area contributed by atoms with Crippen molar-refractivity contribution in [2.24, 2.45) is 11.7 Å². The standard InChI is InChI=1S/C11H22N2/c1-2-10(12)8-13(11-5-6-11)7-9-3-4-9/h9-11H,2-8,12H2,1H3. The Morgan fingerprint density at radius 3 is 2.46 bits per heavy atom. The molecule has 0 saturated heterocycles. The van der Waals surface area contributed by atoms with E-state index < -0.39 is 0 Å². The zero-order chi connectivity index (χ0) is 9.26. The van der Waals surface area contributed by atoms with Crippen molar-refractivity contribution in [2.45, 2.75) is 51.1 Å². The normalized spacial score (nSPS) is 25.2. The predicted molar refractivity (Wildman–Crippen MR) is 55.6 cm³/mol. The summed E-state index contributed by atoms with van der Waals surface area (Å²) in [5, 5.41) is 0. The molecular formula is C11H22N2. The van der Waals surface area contributed by atoms with Crippen molar-refractivity contribution < 1.29 is 0 Å². The van der Waals surface area contributed by atoms with E-state index in [0.29, 0.717) is 6.04 Å². The molecule has 2 heteroatoms. The zero-order valence-electron chi connectivity index (χ0n) is 8.71. The third-order valence-corrected chi connectivity index (χ3v) is 3.25. The number of nitrogens with two attached hydrogens (primary N) is 1. The lowest BCUT2D eigenvalue weighted by molar-refractivity contribution is 0.235. The van der Waals surface area contributed by atoms with Gasteiger partial charge in [0.25, 0.3) is 0 Å². The molecule has 0 aromatic carbocycles. The van der Waals surface area contributed by atoms with Gasteiger partial charge in [-0.2, -0.15) is 0 Å². The van der Waals surface area contributed by atoms with Gasteiger partial charge in [-0.1, -0.05) is 6.92 Å². The number of hydrogen-bond donors (Lipinski definition) is 1. The van der Waals surface area contributed by atoms with E-state index in [-0.39, 0.29) is 0 Å². The Labute approximate surface area is 81.5 Å². The molecule has 2 N–H and O–H groups in total. The molecule has 2 rings (SSSR count). The molecule has 0 bridgehead atoms. The monoisotopic (exact) mass is 182 g/mol. The largest absolute Gasteiger partial charge is 0.327 e. The van der Waals surface area contributed by atoms with Crippen molar-refractivity contribution in [3.05, 3.63) is 0 Å². The molecule has 0 amide bonds. The van der Waals surface area contributed by atoms with Crippen LogP contribution in [-0.2, 0) is 0 Å². The van der Waals surface area contributed by atoms with Gasteiger partial charge in [-0.3, -0.25) is 4.90 Å². The first kappa shape index (κ1) is 9.47. The van der Waals surface area contributed by atoms with Gasteiger partial charge >= 0.3 is 0 Å². The summed E-state index contributed by atoms with van der Waals surface area (Å²) in [5.41, 5.74) is 5.99. The van der Waals surface area contributed by atoms with Gasteiger partial charge in [-0.05, 0) is 38.0 Å². The lowest BCUT2D eigenvalue weighted by Crippen LogP contribution is -2.39. The second-order valence-corrected chi connectivity index (χ2v) is 4.80. The minimum absolute atomic E-state index is 0.402. The van der Waals surface area contributed by atoms with Crippen LogP contribution in [0.25, 0.3) is 0 Å². The number of rotatable bonds is 6. The Balaban J connectivity index is 1.74. The summed E-state index contributed by atoms with van der Waals surface area (Å²) < 4.78 is 0. The van der Waals surface area contributed by atoms with Crippen molar-refractivity contribution in [2.75, 3.05) is 13.1 Å². The van der Waals surface area contributed by atoms with Crippen molar-refractivity contribution in [1.82, 2.24) is 4.90 Å². The molecule has 2 fully saturated rings. The van der Waals surface area contributed by atoms with Crippen LogP contribution < -0.4 is 5.73 Å². The first-order chi connectivity index (χ1) is 6.29. The Hall–Kier alpha value is -0.0800. The minimum Gasteiger partial charge on any atom is -0.327 e. The molecule has 76 valence electrons. The summed E-state index contributed by atoms with van der Waals surface area (Å²) in [4.78, 5) is 2.64. The maximum absolute atomic E-state index is 5.99. The van der Waals surface area contributed by atoms with E-state index in [2.05, 4.69) is 11.8 Å². The number of hydrogen-bond acceptors (Lipinski definition) is 2. The van der Waals surface area contributed by atoms with Gasteiger partial charge in [0.2, 0.25) is 0 Å². The minimum atomic E-state index is 0.402. The van der Waals surface area contributed by atoms with Crippen molar-refractivity contribution in [1.29, 1.82) is 0 Å². The number of nitrogens with zero attached hydrogens (tertiary/aromatic N) is 1. The zero-order valence-corrected chi connectivity index (χ0v) is 8.71. The fourth-order valence-electron chi connectivity index (χ4n) is 1.87. The molecule has 0 spiro atoms. The summed E-state index contributed by atoms with van der Waals surface area (Å²) in [5.74, 6) is 1.02. The van der Waals surface area contributed by atoms with E-state index in [1.54, 1.807) is 0 Å². The highest BCUT2D eigenvalue weighted by Gasteiger charge is 2.33. The van der Waals surface area contributed by atoms with Gasteiger partial charge < -0.3 is 5.73 Å². The van der Waals surface area contributed by atoms with E-state index in [1.165, 1.54) is 32.2 Å². The quantitative estimate of drug-likeness (QED) is 0.676. The van der Waals surface area contributed by atoms with Gasteiger partial charge in [0, 0.05) is 25.2 Å². The molecule has 1 unspecified atom stereocenters. The Bertz CT molecular complexity index is 161. The maximum Gasteiger partial charge on any atom is 0.0165 e. The first-order valence-electron chi connectivity index (χ1n) is 5.79. The Morgan fingerprint density at radius 2 is 2.00 bits per heavy atom. The lowest BCUT2D eigenvalue weighted by atomic mass is 10.2. The molecule has 0 radical (unpaired) electrons. The van der Waals surface area contributed by atoms with Gasteiger partial charge in [0.15, 0.2) is 0 Å². The molecule has 2 saturated carbocycles. The van der Waals surface area contributed by atoms with Crippen molar-refractivity contribution in [3.8, 4) is 0 Å². The van der Waals surface area contributed by atoms with Crippen LogP contribution in [0.5, 0.6) is 0 Å². The second-order valence-electron chi connectivity index (χ2n) is 4.80. The molecule has 0 aromatic heterocycles. The molecule has 1 atom stereocenters. The molecule has 0 aromatic rings. The van der Waals surface area contributed by atoms with E-state index in [4.69, 9.17) is 5.73 Å². The summed E-state index contributed by atoms with van der Waals surface area (Å²) in [7, 11) is 0. The third-order valence-electron chi connectivity index (χ3n) is 3.25. The molecule has 13 heavy (non-hydrogen) atoms. The third kappa shape index (κ3) is 2.96. The summed E-state index contributed by atoms with van der Waals surface area (Å²) in [6.07, 6.45) is 6.88. The van der Waals surface area contributed by atoms with Crippen LogP contribution in [0, 0.1) is 5.92 Å². The average Bonchev–Trinajstić information content (AvgIpc) is 2.96. The topological polar surface area (TPSA) is 29.3 Å². The van der Waals surface area contributed by atoms with E-state index in [0.717, 1.165) is 24.9 Å². The first-order valence-corrected chi connectivity index (χ1v) is 5.79. The van der Waals surface area contributed by atoms with Crippen molar-refractivity contribution in [3.63, 3.8) is 0 Å². The van der Waals surface area contributed by atoms with Crippen LogP contribution in [0.4, 0.5) is 0 Å². The van der Waals surface area contributed by atoms with E-state index in [1.807, 2.05) is 0 Å². The molecule has 2 aliphatic carbocycles. The lowest BCUT2D eigenvalue weighted by Gasteiger charge is -2.24. The van der Waals surface area contributed by atoms with E-state index >= 15 is 0 Å². The van der Waals surface area contributed by atoms with Gasteiger partial charge in [0.05, 0.1) is 0 Å². The molecule has 0 heterocycles. The summed E-state index contributed by atoms with van der Waals surface area (Å²) in [6, 6.07) is 1.30. The predicted octanol–water partition coefficient (Wildman–Crippen LogP) is 1.60. The van der Waals surface area contributed by atoms with Gasteiger partial charge in [-0.15, -0.1) is 0 Å². The highest BCUT2D eigenvalue weighted by atomic mass is 15.2. The molecule has 2 aliphatic rings. The Kier molecular flexibility index (Phi) is 2.89. The van der Waals surface area contributed by atoms with Crippen LogP contribution in [0.3, 0.4) is 0 Å². The van der Waals surface area contributed by atoms with Crippen molar-refractivity contribution >= 4 is 0 Å². The summed E-state index contributed by atoms with van der Waals surface area (Å²) in [6.45, 7) is 4.66. The highest BCUT2D eigenvalue weighted by Crippen LogP contribution is 2.34. The second kappa shape index (κ2) is 3.97. The SMILES string of the molecule is CCC(N)CN(CC1CC1)C1CC1. The fraction of sp³-hybridized carbons (Fsp3) is 1.00. The van der Waals surface area contributed by atoms with Crippen LogP contribution in [0.15, 0.2) is 0 Å². The van der Waals surface area contributed by atoms with Gasteiger partial charge in [-0.25, -0.2) is 0 Å². The smallest absolute Gasteiger partial charge is 0.0165 e. The van der Waals surface area contributed by atoms with Crippen LogP contribution >= 0.6 is 0 Å². The fourth-order valence-corrected chi connectivity index (χ4v) is 1.87. The van der Waals surface area contributed by atoms with Crippen LogP contribution in [-0.4, -0.2) is 30.1 Å². The average molecular weight is 182 g/mol. The maximum atomic E-state index is 5.99. The van der Waals surface area contributed by atoms with E-state index in [9.17, 15) is 0 Å². The summed E-state index contributed by atoms with van der Waals surface area (Å²) >= 11 is 0. The highest BCUT2D eigenvalue weighted by molar-refractivity contribution is 4.89. The molecule has 2 nitrogen and oxygen atoms in total. The molecular weight excluding hydrogens is 160 g/mol. The van der Waals surface area contributed by atoms with Gasteiger partial charge in [0.1, 0.15) is 0 Å².